The van der Waals surface area contributed by atoms with Crippen molar-refractivity contribution in [3.8, 4) is 23.1 Å². The fraction of sp³-hybridized carbons (Fsp3) is 0.312. The maximum absolute atomic E-state index is 8.63. The number of hydrogen-bond acceptors (Lipinski definition) is 4. The summed E-state index contributed by atoms with van der Waals surface area (Å²) in [6.45, 7) is 0.804. The van der Waals surface area contributed by atoms with Crippen LogP contribution in [0.25, 0.3) is 11.3 Å². The largest absolute Gasteiger partial charge is 0.493 e. The molecule has 0 atom stereocenters. The Balaban J connectivity index is 1.90. The number of ether oxygens (including phenoxy) is 1. The molecule has 100 valence electrons. The lowest BCUT2D eigenvalue weighted by Crippen LogP contribution is -2.08. The van der Waals surface area contributed by atoms with Crippen molar-refractivity contribution in [1.29, 1.82) is 5.26 Å². The fourth-order valence-electron chi connectivity index (χ4n) is 2.37. The predicted molar refractivity (Wildman–Crippen MR) is 75.2 cm³/mol. The molecule has 1 aliphatic rings. The summed E-state index contributed by atoms with van der Waals surface area (Å²) in [6.07, 6.45) is 4.91. The van der Waals surface area contributed by atoms with Gasteiger partial charge in [0.15, 0.2) is 0 Å². The van der Waals surface area contributed by atoms with Gasteiger partial charge in [-0.1, -0.05) is 0 Å². The van der Waals surface area contributed by atoms with E-state index in [2.05, 4.69) is 22.1 Å². The van der Waals surface area contributed by atoms with Crippen molar-refractivity contribution in [2.45, 2.75) is 25.7 Å². The maximum Gasteiger partial charge on any atom is 0.129 e. The Kier molecular flexibility index (Phi) is 3.60. The van der Waals surface area contributed by atoms with E-state index in [0.29, 0.717) is 12.8 Å². The Morgan fingerprint density at radius 3 is 3.15 bits per heavy atom. The van der Waals surface area contributed by atoms with E-state index in [0.717, 1.165) is 42.3 Å². The van der Waals surface area contributed by atoms with Crippen LogP contribution in [-0.2, 0) is 12.8 Å². The van der Waals surface area contributed by atoms with Crippen molar-refractivity contribution in [3.63, 3.8) is 0 Å². The Hall–Kier alpha value is -2.41. The summed E-state index contributed by atoms with van der Waals surface area (Å²) in [5, 5.41) is 8.63. The Bertz CT molecular complexity index is 661. The zero-order valence-electron chi connectivity index (χ0n) is 11.2. The monoisotopic (exact) mass is 265 g/mol. The molecule has 0 bridgehead atoms. The minimum atomic E-state index is 0.446. The first-order chi connectivity index (χ1) is 9.86. The van der Waals surface area contributed by atoms with Gasteiger partial charge in [-0.2, -0.15) is 5.26 Å². The van der Waals surface area contributed by atoms with Gasteiger partial charge in [0.1, 0.15) is 11.6 Å². The number of aryl methyl sites for hydroxylation is 2. The molecule has 3 rings (SSSR count). The second-order valence-corrected chi connectivity index (χ2v) is 4.79. The Labute approximate surface area is 118 Å². The molecule has 0 unspecified atom stereocenters. The van der Waals surface area contributed by atoms with Crippen LogP contribution in [0.15, 0.2) is 30.5 Å². The zero-order chi connectivity index (χ0) is 13.8. The number of fused-ring (bicyclic) bond motifs is 1. The molecule has 2 heterocycles. The second-order valence-electron chi connectivity index (χ2n) is 4.79. The first-order valence-corrected chi connectivity index (χ1v) is 6.82. The molecule has 0 spiro atoms. The number of nitrogens with zero attached hydrogens (tertiary/aromatic N) is 3. The van der Waals surface area contributed by atoms with Crippen LogP contribution >= 0.6 is 0 Å². The minimum Gasteiger partial charge on any atom is -0.493 e. The quantitative estimate of drug-likeness (QED) is 0.856. The van der Waals surface area contributed by atoms with Crippen molar-refractivity contribution in [2.75, 3.05) is 6.61 Å². The summed E-state index contributed by atoms with van der Waals surface area (Å²) in [7, 11) is 0. The number of benzene rings is 1. The fourth-order valence-corrected chi connectivity index (χ4v) is 2.37. The average Bonchev–Trinajstić information content (AvgIpc) is 2.53. The summed E-state index contributed by atoms with van der Waals surface area (Å²) in [6, 6.07) is 10.2. The van der Waals surface area contributed by atoms with Gasteiger partial charge in [0.05, 0.1) is 18.4 Å². The molecular weight excluding hydrogens is 250 g/mol. The van der Waals surface area contributed by atoms with Crippen molar-refractivity contribution in [1.82, 2.24) is 9.97 Å². The van der Waals surface area contributed by atoms with E-state index in [4.69, 9.17) is 10.00 Å². The lowest BCUT2D eigenvalue weighted by molar-refractivity contribution is 0.288. The van der Waals surface area contributed by atoms with Gasteiger partial charge in [-0.05, 0) is 42.7 Å². The topological polar surface area (TPSA) is 58.8 Å². The average molecular weight is 265 g/mol. The van der Waals surface area contributed by atoms with Gasteiger partial charge in [-0.3, -0.25) is 0 Å². The predicted octanol–water partition coefficient (Wildman–Crippen LogP) is 2.92. The SMILES string of the molecule is N#CCCc1nccc(-c2ccc3c(c2)CCCO3)n1. The summed E-state index contributed by atoms with van der Waals surface area (Å²) in [4.78, 5) is 8.73. The van der Waals surface area contributed by atoms with Crippen molar-refractivity contribution < 1.29 is 4.74 Å². The second kappa shape index (κ2) is 5.70. The molecule has 1 aliphatic heterocycles. The molecular formula is C16H15N3O. The van der Waals surface area contributed by atoms with Crippen LogP contribution in [0.3, 0.4) is 0 Å². The summed E-state index contributed by atoms with van der Waals surface area (Å²) in [5.41, 5.74) is 3.22. The van der Waals surface area contributed by atoms with E-state index in [1.54, 1.807) is 6.20 Å². The molecule has 20 heavy (non-hydrogen) atoms. The van der Waals surface area contributed by atoms with E-state index in [-0.39, 0.29) is 0 Å². The smallest absolute Gasteiger partial charge is 0.129 e. The third-order valence-corrected chi connectivity index (χ3v) is 3.37. The zero-order valence-corrected chi connectivity index (χ0v) is 11.2. The van der Waals surface area contributed by atoms with Crippen LogP contribution in [0, 0.1) is 11.3 Å². The summed E-state index contributed by atoms with van der Waals surface area (Å²) in [5.74, 6) is 1.71. The molecule has 0 saturated carbocycles. The van der Waals surface area contributed by atoms with E-state index in [1.165, 1.54) is 5.56 Å². The molecule has 4 nitrogen and oxygen atoms in total. The lowest BCUT2D eigenvalue weighted by Gasteiger charge is -2.17. The van der Waals surface area contributed by atoms with Gasteiger partial charge in [-0.15, -0.1) is 0 Å². The van der Waals surface area contributed by atoms with Gasteiger partial charge < -0.3 is 4.74 Å². The first-order valence-electron chi connectivity index (χ1n) is 6.82. The molecule has 0 saturated heterocycles. The van der Waals surface area contributed by atoms with Gasteiger partial charge in [0.25, 0.3) is 0 Å². The van der Waals surface area contributed by atoms with Gasteiger partial charge >= 0.3 is 0 Å². The molecule has 0 N–H and O–H groups in total. The first kappa shape index (κ1) is 12.6. The standard InChI is InChI=1S/C16H15N3O/c17-8-1-4-16-18-9-7-14(19-16)12-5-6-15-13(11-12)3-2-10-20-15/h5-7,9,11H,1-4,10H2. The number of hydrogen-bond donors (Lipinski definition) is 0. The molecule has 0 radical (unpaired) electrons. The summed E-state index contributed by atoms with van der Waals surface area (Å²) >= 11 is 0. The summed E-state index contributed by atoms with van der Waals surface area (Å²) < 4.78 is 5.62. The van der Waals surface area contributed by atoms with Crippen molar-refractivity contribution >= 4 is 0 Å². The maximum atomic E-state index is 8.63. The van der Waals surface area contributed by atoms with Crippen LogP contribution < -0.4 is 4.74 Å². The van der Waals surface area contributed by atoms with E-state index in [1.807, 2.05) is 18.2 Å². The highest BCUT2D eigenvalue weighted by Gasteiger charge is 2.12. The Morgan fingerprint density at radius 1 is 1.30 bits per heavy atom. The van der Waals surface area contributed by atoms with E-state index in [9.17, 15) is 0 Å². The molecule has 1 aromatic heterocycles. The normalized spacial score (nSPS) is 13.2. The molecule has 0 amide bonds. The highest BCUT2D eigenvalue weighted by Crippen LogP contribution is 2.29. The number of rotatable bonds is 3. The Morgan fingerprint density at radius 2 is 2.25 bits per heavy atom. The molecule has 4 heteroatoms. The molecule has 1 aromatic carbocycles. The van der Waals surface area contributed by atoms with Crippen LogP contribution in [0.4, 0.5) is 0 Å². The van der Waals surface area contributed by atoms with Gasteiger partial charge in [-0.25, -0.2) is 9.97 Å². The van der Waals surface area contributed by atoms with Crippen LogP contribution in [0.2, 0.25) is 0 Å². The highest BCUT2D eigenvalue weighted by molar-refractivity contribution is 5.62. The minimum absolute atomic E-state index is 0.446. The molecule has 0 fully saturated rings. The van der Waals surface area contributed by atoms with Crippen molar-refractivity contribution in [2.24, 2.45) is 0 Å². The number of nitriles is 1. The van der Waals surface area contributed by atoms with Crippen LogP contribution in [0.5, 0.6) is 5.75 Å². The van der Waals surface area contributed by atoms with Crippen LogP contribution in [-0.4, -0.2) is 16.6 Å². The van der Waals surface area contributed by atoms with E-state index < -0.39 is 0 Å². The van der Waals surface area contributed by atoms with E-state index >= 15 is 0 Å². The highest BCUT2D eigenvalue weighted by atomic mass is 16.5. The van der Waals surface area contributed by atoms with Gasteiger partial charge in [0, 0.05) is 24.6 Å². The van der Waals surface area contributed by atoms with Gasteiger partial charge in [0.2, 0.25) is 0 Å². The number of aromatic nitrogens is 2. The van der Waals surface area contributed by atoms with Crippen LogP contribution in [0.1, 0.15) is 24.2 Å². The molecule has 0 aliphatic carbocycles. The third kappa shape index (κ3) is 2.62. The van der Waals surface area contributed by atoms with Crippen molar-refractivity contribution in [3.05, 3.63) is 41.9 Å². The third-order valence-electron chi connectivity index (χ3n) is 3.37. The molecule has 2 aromatic rings. The lowest BCUT2D eigenvalue weighted by atomic mass is 10.0.